The first-order valence-electron chi connectivity index (χ1n) is 5.94. The molecule has 0 heterocycles. The molecule has 0 unspecified atom stereocenters. The van der Waals surface area contributed by atoms with E-state index in [9.17, 15) is 26.3 Å². The van der Waals surface area contributed by atoms with Gasteiger partial charge in [-0.2, -0.15) is 13.2 Å². The van der Waals surface area contributed by atoms with E-state index in [1.807, 2.05) is 0 Å². The van der Waals surface area contributed by atoms with Crippen molar-refractivity contribution in [1.29, 1.82) is 0 Å². The normalized spacial score (nSPS) is 11.8. The molecule has 21 heavy (non-hydrogen) atoms. The highest BCUT2D eigenvalue weighted by Crippen LogP contribution is 2.40. The van der Waals surface area contributed by atoms with E-state index in [0.717, 1.165) is 19.1 Å². The monoisotopic (exact) mass is 304 g/mol. The molecule has 0 fully saturated rings. The van der Waals surface area contributed by atoms with Crippen molar-refractivity contribution in [2.24, 2.45) is 0 Å². The van der Waals surface area contributed by atoms with Crippen LogP contribution in [0, 0.1) is 31.3 Å². The lowest BCUT2D eigenvalue weighted by Gasteiger charge is -2.15. The van der Waals surface area contributed by atoms with Crippen LogP contribution >= 0.6 is 0 Å². The molecule has 0 aliphatic carbocycles. The number of halogens is 6. The zero-order valence-corrected chi connectivity index (χ0v) is 11.1. The maximum absolute atomic E-state index is 13.9. The van der Waals surface area contributed by atoms with Gasteiger partial charge in [0.05, 0.1) is 5.56 Å². The summed E-state index contributed by atoms with van der Waals surface area (Å²) >= 11 is 0. The molecule has 2 aromatic rings. The Hall–Kier alpha value is -1.98. The summed E-state index contributed by atoms with van der Waals surface area (Å²) in [6, 6.07) is 3.02. The minimum absolute atomic E-state index is 0.0663. The summed E-state index contributed by atoms with van der Waals surface area (Å²) in [5.74, 6) is -3.24. The summed E-state index contributed by atoms with van der Waals surface area (Å²) in [4.78, 5) is 0. The fraction of sp³-hybridized carbons (Fsp3) is 0.200. The van der Waals surface area contributed by atoms with Gasteiger partial charge in [0.25, 0.3) is 0 Å². The number of aryl methyl sites for hydroxylation is 1. The second-order valence-corrected chi connectivity index (χ2v) is 4.73. The fourth-order valence-electron chi connectivity index (χ4n) is 2.05. The molecular formula is C15H10F6. The van der Waals surface area contributed by atoms with E-state index in [1.54, 1.807) is 0 Å². The van der Waals surface area contributed by atoms with Gasteiger partial charge >= 0.3 is 6.18 Å². The molecule has 0 aliphatic rings. The van der Waals surface area contributed by atoms with Crippen molar-refractivity contribution in [3.8, 4) is 11.1 Å². The van der Waals surface area contributed by atoms with Crippen molar-refractivity contribution in [1.82, 2.24) is 0 Å². The Labute approximate surface area is 117 Å². The van der Waals surface area contributed by atoms with Gasteiger partial charge in [0, 0.05) is 11.1 Å². The molecule has 112 valence electrons. The van der Waals surface area contributed by atoms with Crippen molar-refractivity contribution < 1.29 is 26.3 Å². The summed E-state index contributed by atoms with van der Waals surface area (Å²) in [6.07, 6.45) is -4.83. The first kappa shape index (κ1) is 15.4. The van der Waals surface area contributed by atoms with E-state index in [1.165, 1.54) is 6.92 Å². The lowest BCUT2D eigenvalue weighted by Crippen LogP contribution is -2.09. The van der Waals surface area contributed by atoms with Gasteiger partial charge in [0.1, 0.15) is 17.5 Å². The maximum atomic E-state index is 13.9. The topological polar surface area (TPSA) is 0 Å². The Morgan fingerprint density at radius 3 is 1.76 bits per heavy atom. The highest BCUT2D eigenvalue weighted by atomic mass is 19.4. The molecule has 0 spiro atoms. The highest BCUT2D eigenvalue weighted by Gasteiger charge is 2.35. The summed E-state index contributed by atoms with van der Waals surface area (Å²) in [7, 11) is 0. The Morgan fingerprint density at radius 1 is 0.762 bits per heavy atom. The van der Waals surface area contributed by atoms with Gasteiger partial charge in [-0.05, 0) is 49.2 Å². The number of hydrogen-bond donors (Lipinski definition) is 0. The Kier molecular flexibility index (Phi) is 3.74. The average molecular weight is 304 g/mol. The minimum Gasteiger partial charge on any atom is -0.207 e. The summed E-state index contributed by atoms with van der Waals surface area (Å²) in [5, 5.41) is 0. The third kappa shape index (κ3) is 2.89. The first-order valence-corrected chi connectivity index (χ1v) is 5.94. The molecule has 0 saturated heterocycles. The predicted molar refractivity (Wildman–Crippen MR) is 66.2 cm³/mol. The van der Waals surface area contributed by atoms with Crippen LogP contribution in [0.5, 0.6) is 0 Å². The van der Waals surface area contributed by atoms with Crippen molar-refractivity contribution in [2.45, 2.75) is 20.0 Å². The van der Waals surface area contributed by atoms with Crippen LogP contribution in [0.1, 0.15) is 16.7 Å². The van der Waals surface area contributed by atoms with Crippen LogP contribution < -0.4 is 0 Å². The van der Waals surface area contributed by atoms with Crippen LogP contribution in [0.3, 0.4) is 0 Å². The van der Waals surface area contributed by atoms with Gasteiger partial charge < -0.3 is 0 Å². The van der Waals surface area contributed by atoms with Crippen molar-refractivity contribution in [3.63, 3.8) is 0 Å². The van der Waals surface area contributed by atoms with E-state index in [-0.39, 0.29) is 11.1 Å². The second-order valence-electron chi connectivity index (χ2n) is 4.73. The molecule has 0 atom stereocenters. The van der Waals surface area contributed by atoms with E-state index in [2.05, 4.69) is 0 Å². The van der Waals surface area contributed by atoms with Crippen LogP contribution in [0.2, 0.25) is 0 Å². The average Bonchev–Trinajstić information content (AvgIpc) is 2.33. The van der Waals surface area contributed by atoms with E-state index in [0.29, 0.717) is 12.1 Å². The molecule has 0 amide bonds. The van der Waals surface area contributed by atoms with Crippen LogP contribution in [-0.4, -0.2) is 0 Å². The summed E-state index contributed by atoms with van der Waals surface area (Å²) in [5.41, 5.74) is -2.87. The second kappa shape index (κ2) is 5.09. The molecule has 0 radical (unpaired) electrons. The molecule has 0 bridgehead atoms. The van der Waals surface area contributed by atoms with Gasteiger partial charge in [0.15, 0.2) is 0 Å². The minimum atomic E-state index is -4.83. The molecule has 0 nitrogen and oxygen atoms in total. The Bertz CT molecular complexity index is 677. The maximum Gasteiger partial charge on any atom is 0.417 e. The fourth-order valence-corrected chi connectivity index (χ4v) is 2.05. The largest absolute Gasteiger partial charge is 0.417 e. The van der Waals surface area contributed by atoms with Gasteiger partial charge in [-0.1, -0.05) is 0 Å². The third-order valence-electron chi connectivity index (χ3n) is 3.11. The quantitative estimate of drug-likeness (QED) is 0.618. The van der Waals surface area contributed by atoms with Gasteiger partial charge in [0.2, 0.25) is 0 Å². The van der Waals surface area contributed by atoms with Crippen LogP contribution in [0.4, 0.5) is 26.3 Å². The lowest BCUT2D eigenvalue weighted by molar-refractivity contribution is -0.137. The molecule has 0 saturated carbocycles. The lowest BCUT2D eigenvalue weighted by atomic mass is 9.95. The molecular weight excluding hydrogens is 294 g/mol. The van der Waals surface area contributed by atoms with Crippen LogP contribution in [0.25, 0.3) is 11.1 Å². The highest BCUT2D eigenvalue weighted by molar-refractivity contribution is 5.70. The van der Waals surface area contributed by atoms with Crippen LogP contribution in [0.15, 0.2) is 24.3 Å². The number of rotatable bonds is 1. The predicted octanol–water partition coefficient (Wildman–Crippen LogP) is 5.41. The zero-order valence-electron chi connectivity index (χ0n) is 11.1. The molecule has 0 N–H and O–H groups in total. The SMILES string of the molecule is Cc1cc(F)c(-c2cc(F)c(C)c(F)c2)c(C(F)(F)F)c1. The summed E-state index contributed by atoms with van der Waals surface area (Å²) < 4.78 is 80.0. The van der Waals surface area contributed by atoms with Gasteiger partial charge in [-0.3, -0.25) is 0 Å². The van der Waals surface area contributed by atoms with E-state index in [4.69, 9.17) is 0 Å². The Morgan fingerprint density at radius 2 is 1.29 bits per heavy atom. The molecule has 2 aromatic carbocycles. The van der Waals surface area contributed by atoms with Crippen molar-refractivity contribution in [3.05, 3.63) is 58.4 Å². The van der Waals surface area contributed by atoms with Gasteiger partial charge in [-0.25, -0.2) is 13.2 Å². The van der Waals surface area contributed by atoms with Crippen molar-refractivity contribution in [2.75, 3.05) is 0 Å². The van der Waals surface area contributed by atoms with Crippen molar-refractivity contribution >= 4 is 0 Å². The Balaban J connectivity index is 2.80. The zero-order chi connectivity index (χ0) is 15.9. The number of benzene rings is 2. The molecule has 2 rings (SSSR count). The van der Waals surface area contributed by atoms with Crippen LogP contribution in [-0.2, 0) is 6.18 Å². The smallest absolute Gasteiger partial charge is 0.207 e. The van der Waals surface area contributed by atoms with E-state index < -0.39 is 40.3 Å². The van der Waals surface area contributed by atoms with Gasteiger partial charge in [-0.15, -0.1) is 0 Å². The molecule has 0 aromatic heterocycles. The summed E-state index contributed by atoms with van der Waals surface area (Å²) in [6.45, 7) is 2.45. The third-order valence-corrected chi connectivity index (χ3v) is 3.11. The number of alkyl halides is 3. The first-order chi connectivity index (χ1) is 9.61. The van der Waals surface area contributed by atoms with E-state index >= 15 is 0 Å². The standard InChI is InChI=1S/C15H10F6/c1-7-3-10(15(19,20)21)14(13(18)4-7)9-5-11(16)8(2)12(17)6-9/h3-6H,1-2H3. The molecule has 6 heteroatoms. The number of hydrogen-bond acceptors (Lipinski definition) is 0. The molecule has 0 aliphatic heterocycles.